The lowest BCUT2D eigenvalue weighted by atomic mass is 10.2. The van der Waals surface area contributed by atoms with Crippen LogP contribution in [0.15, 0.2) is 53.3 Å². The van der Waals surface area contributed by atoms with Crippen LogP contribution in [0.2, 0.25) is 0 Å². The molecule has 0 unspecified atom stereocenters. The van der Waals surface area contributed by atoms with Gasteiger partial charge in [-0.25, -0.2) is 10.2 Å². The predicted molar refractivity (Wildman–Crippen MR) is 120 cm³/mol. The Morgan fingerprint density at radius 2 is 1.90 bits per heavy atom. The van der Waals surface area contributed by atoms with Crippen molar-refractivity contribution in [2.24, 2.45) is 5.10 Å². The number of hydrogen-bond donors (Lipinski definition) is 2. The Morgan fingerprint density at radius 3 is 2.60 bits per heavy atom. The zero-order valence-electron chi connectivity index (χ0n) is 15.2. The monoisotopic (exact) mass is 602 g/mol. The van der Waals surface area contributed by atoms with Crippen LogP contribution in [0, 0.1) is 0 Å². The van der Waals surface area contributed by atoms with Crippen LogP contribution in [0.1, 0.15) is 16.1 Å². The first-order valence-electron chi connectivity index (χ1n) is 8.22. The largest absolute Gasteiger partial charge is 0.493 e. The molecule has 2 N–H and O–H groups in total. The normalized spacial score (nSPS) is 11.1. The topological polar surface area (TPSA) is 110 Å². The molecule has 3 aromatic rings. The van der Waals surface area contributed by atoms with Gasteiger partial charge in [0.2, 0.25) is 0 Å². The quantitative estimate of drug-likeness (QED) is 0.292. The molecule has 1 amide bonds. The molecule has 0 radical (unpaired) electrons. The van der Waals surface area contributed by atoms with Crippen molar-refractivity contribution in [3.63, 3.8) is 0 Å². The highest BCUT2D eigenvalue weighted by molar-refractivity contribution is 9.11. The molecule has 8 nitrogen and oxygen atoms in total. The van der Waals surface area contributed by atoms with Crippen LogP contribution in [0.4, 0.5) is 0 Å². The van der Waals surface area contributed by atoms with Gasteiger partial charge in [0.15, 0.2) is 23.9 Å². The number of nitrogens with zero attached hydrogens (tertiary/aromatic N) is 1. The number of rotatable bonds is 7. The number of methoxy groups -OCH3 is 1. The smallest absolute Gasteiger partial charge is 0.341 e. The highest BCUT2D eigenvalue weighted by Crippen LogP contribution is 2.33. The molecule has 1 heterocycles. The predicted octanol–water partition coefficient (Wildman–Crippen LogP) is 4.96. The van der Waals surface area contributed by atoms with E-state index in [1.54, 1.807) is 18.2 Å². The van der Waals surface area contributed by atoms with E-state index in [4.69, 9.17) is 19.0 Å². The summed E-state index contributed by atoms with van der Waals surface area (Å²) in [5.41, 5.74) is 3.53. The number of amides is 1. The van der Waals surface area contributed by atoms with Crippen molar-refractivity contribution in [3.05, 3.63) is 55.1 Å². The third-order valence-corrected chi connectivity index (χ3v) is 5.50. The van der Waals surface area contributed by atoms with Gasteiger partial charge < -0.3 is 19.0 Å². The summed E-state index contributed by atoms with van der Waals surface area (Å²) in [6.07, 6.45) is 1.40. The van der Waals surface area contributed by atoms with Gasteiger partial charge in [-0.3, -0.25) is 4.79 Å². The molecular formula is C19H13Br3N2O6. The number of carboxylic acids is 1. The number of benzene rings is 2. The van der Waals surface area contributed by atoms with Crippen molar-refractivity contribution in [3.8, 4) is 11.5 Å². The fraction of sp³-hybridized carbons (Fsp3) is 0.105. The van der Waals surface area contributed by atoms with E-state index in [9.17, 15) is 9.59 Å². The highest BCUT2D eigenvalue weighted by Gasteiger charge is 2.15. The molecule has 3 rings (SSSR count). The molecule has 0 bridgehead atoms. The fourth-order valence-electron chi connectivity index (χ4n) is 2.46. The van der Waals surface area contributed by atoms with Crippen molar-refractivity contribution < 1.29 is 28.6 Å². The molecule has 11 heteroatoms. The average molecular weight is 605 g/mol. The number of hydrazone groups is 1. The minimum atomic E-state index is -1.11. The first kappa shape index (κ1) is 22.3. The molecule has 2 aromatic carbocycles. The summed E-state index contributed by atoms with van der Waals surface area (Å²) in [6.45, 7) is -0.503. The molecule has 0 aliphatic rings. The van der Waals surface area contributed by atoms with E-state index >= 15 is 0 Å². The number of carbonyl (C=O) groups excluding carboxylic acids is 1. The maximum absolute atomic E-state index is 12.4. The van der Waals surface area contributed by atoms with Gasteiger partial charge >= 0.3 is 11.9 Å². The molecular weight excluding hydrogens is 592 g/mol. The minimum absolute atomic E-state index is 0.106. The Kier molecular flexibility index (Phi) is 7.16. The Hall–Kier alpha value is -2.37. The van der Waals surface area contributed by atoms with Gasteiger partial charge in [0, 0.05) is 19.9 Å². The average Bonchev–Trinajstić information content (AvgIpc) is 3.12. The van der Waals surface area contributed by atoms with E-state index in [-0.39, 0.29) is 11.5 Å². The number of fused-ring (bicyclic) bond motifs is 1. The van der Waals surface area contributed by atoms with Crippen LogP contribution in [0.3, 0.4) is 0 Å². The standard InChI is InChI=1S/C19H13Br3N2O6/c1-28-14-4-10(12(21)6-15(14)29-8-17(25)26)7-23-24-19(27)16-3-9-2-11(20)5-13(22)18(9)30-16/h2-7H,8H2,1H3,(H,24,27)(H,25,26)/b23-7-. The number of furan rings is 1. The van der Waals surface area contributed by atoms with E-state index < -0.39 is 18.5 Å². The van der Waals surface area contributed by atoms with Crippen molar-refractivity contribution in [2.75, 3.05) is 13.7 Å². The number of ether oxygens (including phenoxy) is 2. The van der Waals surface area contributed by atoms with Crippen LogP contribution < -0.4 is 14.9 Å². The van der Waals surface area contributed by atoms with E-state index in [1.165, 1.54) is 13.3 Å². The van der Waals surface area contributed by atoms with Crippen LogP contribution in [-0.4, -0.2) is 36.9 Å². The summed E-state index contributed by atoms with van der Waals surface area (Å²) in [6, 6.07) is 8.41. The van der Waals surface area contributed by atoms with E-state index in [0.717, 1.165) is 14.3 Å². The van der Waals surface area contributed by atoms with Gasteiger partial charge in [-0.05, 0) is 62.2 Å². The second-order valence-corrected chi connectivity index (χ2v) is 8.45. The minimum Gasteiger partial charge on any atom is -0.493 e. The van der Waals surface area contributed by atoms with Gasteiger partial charge in [-0.1, -0.05) is 15.9 Å². The molecule has 0 saturated carbocycles. The number of carboxylic acid groups (broad SMARTS) is 1. The molecule has 156 valence electrons. The molecule has 30 heavy (non-hydrogen) atoms. The first-order valence-corrected chi connectivity index (χ1v) is 10.6. The van der Waals surface area contributed by atoms with Crippen LogP contribution in [0.25, 0.3) is 11.0 Å². The highest BCUT2D eigenvalue weighted by atomic mass is 79.9. The van der Waals surface area contributed by atoms with Crippen LogP contribution in [-0.2, 0) is 4.79 Å². The second kappa shape index (κ2) is 9.63. The Morgan fingerprint density at radius 1 is 1.13 bits per heavy atom. The van der Waals surface area contributed by atoms with Gasteiger partial charge in [-0.2, -0.15) is 5.10 Å². The lowest BCUT2D eigenvalue weighted by molar-refractivity contribution is -0.139. The SMILES string of the molecule is COc1cc(/C=N\NC(=O)c2cc3cc(Br)cc(Br)c3o2)c(Br)cc1OCC(=O)O. The zero-order valence-corrected chi connectivity index (χ0v) is 20.0. The van der Waals surface area contributed by atoms with Gasteiger partial charge in [0.05, 0.1) is 17.8 Å². The maximum atomic E-state index is 12.4. The molecule has 0 aliphatic heterocycles. The lowest BCUT2D eigenvalue weighted by Gasteiger charge is -2.11. The maximum Gasteiger partial charge on any atom is 0.341 e. The summed E-state index contributed by atoms with van der Waals surface area (Å²) in [4.78, 5) is 23.0. The summed E-state index contributed by atoms with van der Waals surface area (Å²) >= 11 is 10.1. The number of halogens is 3. The number of hydrogen-bond acceptors (Lipinski definition) is 6. The Bertz CT molecular complexity index is 1160. The van der Waals surface area contributed by atoms with Crippen LogP contribution in [0.5, 0.6) is 11.5 Å². The summed E-state index contributed by atoms with van der Waals surface area (Å²) in [7, 11) is 1.43. The molecule has 0 spiro atoms. The third-order valence-electron chi connectivity index (χ3n) is 3.76. The van der Waals surface area contributed by atoms with Gasteiger partial charge in [0.25, 0.3) is 0 Å². The first-order chi connectivity index (χ1) is 14.3. The second-order valence-electron chi connectivity index (χ2n) is 5.82. The van der Waals surface area contributed by atoms with Crippen LogP contribution >= 0.6 is 47.8 Å². The lowest BCUT2D eigenvalue weighted by Crippen LogP contribution is -2.16. The molecule has 0 saturated heterocycles. The van der Waals surface area contributed by atoms with Gasteiger partial charge in [-0.15, -0.1) is 0 Å². The summed E-state index contributed by atoms with van der Waals surface area (Å²) < 4.78 is 18.1. The Labute approximate surface area is 195 Å². The van der Waals surface area contributed by atoms with E-state index in [1.807, 2.05) is 12.1 Å². The van der Waals surface area contributed by atoms with E-state index in [0.29, 0.717) is 21.4 Å². The molecule has 0 atom stereocenters. The Balaban J connectivity index is 1.75. The van der Waals surface area contributed by atoms with Crippen molar-refractivity contribution in [2.45, 2.75) is 0 Å². The number of aliphatic carboxylic acids is 1. The van der Waals surface area contributed by atoms with E-state index in [2.05, 4.69) is 58.3 Å². The van der Waals surface area contributed by atoms with Crippen molar-refractivity contribution in [1.82, 2.24) is 5.43 Å². The summed E-state index contributed by atoms with van der Waals surface area (Å²) in [5.74, 6) is -0.941. The van der Waals surface area contributed by atoms with Gasteiger partial charge in [0.1, 0.15) is 5.58 Å². The van der Waals surface area contributed by atoms with Crippen molar-refractivity contribution in [1.29, 1.82) is 0 Å². The zero-order chi connectivity index (χ0) is 21.8. The third kappa shape index (κ3) is 5.21. The summed E-state index contributed by atoms with van der Waals surface area (Å²) in [5, 5.41) is 13.4. The number of nitrogens with one attached hydrogen (secondary N) is 1. The molecule has 1 aromatic heterocycles. The number of carbonyl (C=O) groups is 2. The molecule has 0 fully saturated rings. The molecule has 0 aliphatic carbocycles. The van der Waals surface area contributed by atoms with Crippen molar-refractivity contribution >= 4 is 76.9 Å². The fourth-order valence-corrected chi connectivity index (χ4v) is 4.23.